The van der Waals surface area contributed by atoms with E-state index in [1.807, 2.05) is 6.07 Å². The van der Waals surface area contributed by atoms with Crippen LogP contribution in [0.25, 0.3) is 0 Å². The van der Waals surface area contributed by atoms with Gasteiger partial charge in [0.15, 0.2) is 0 Å². The summed E-state index contributed by atoms with van der Waals surface area (Å²) in [7, 11) is 1.49. The highest BCUT2D eigenvalue weighted by Crippen LogP contribution is 2.05. The summed E-state index contributed by atoms with van der Waals surface area (Å²) in [6, 6.07) is 6.33. The van der Waals surface area contributed by atoms with Gasteiger partial charge in [0.05, 0.1) is 6.61 Å². The van der Waals surface area contributed by atoms with Gasteiger partial charge < -0.3 is 21.5 Å². The van der Waals surface area contributed by atoms with Crippen LogP contribution in [0.3, 0.4) is 0 Å². The van der Waals surface area contributed by atoms with E-state index in [1.165, 1.54) is 7.11 Å². The maximum Gasteiger partial charge on any atom is 0.248 e. The Morgan fingerprint density at radius 3 is 2.79 bits per heavy atom. The van der Waals surface area contributed by atoms with E-state index in [9.17, 15) is 9.59 Å². The van der Waals surface area contributed by atoms with E-state index in [2.05, 4.69) is 5.32 Å². The monoisotopic (exact) mass is 265 g/mol. The minimum absolute atomic E-state index is 0.184. The minimum Gasteiger partial charge on any atom is -0.383 e. The lowest BCUT2D eigenvalue weighted by molar-refractivity contribution is -0.123. The number of hydrogen-bond donors (Lipinski definition) is 3. The lowest BCUT2D eigenvalue weighted by Crippen LogP contribution is -2.44. The highest BCUT2D eigenvalue weighted by molar-refractivity contribution is 5.92. The van der Waals surface area contributed by atoms with E-state index in [-0.39, 0.29) is 12.5 Å². The molecule has 1 aromatic rings. The van der Waals surface area contributed by atoms with E-state index in [1.54, 1.807) is 18.2 Å². The lowest BCUT2D eigenvalue weighted by Gasteiger charge is -2.11. The summed E-state index contributed by atoms with van der Waals surface area (Å²) in [6.45, 7) is 0.626. The molecule has 6 nitrogen and oxygen atoms in total. The predicted molar refractivity (Wildman–Crippen MR) is 71.5 cm³/mol. The highest BCUT2D eigenvalue weighted by atomic mass is 16.5. The van der Waals surface area contributed by atoms with Gasteiger partial charge in [-0.1, -0.05) is 12.1 Å². The van der Waals surface area contributed by atoms with Crippen molar-refractivity contribution in [2.75, 3.05) is 20.3 Å². The molecule has 0 spiro atoms. The standard InChI is InChI=1S/C13H19N3O3/c1-19-8-11(14)13(18)16-6-5-9-3-2-4-10(7-9)12(15)17/h2-4,7,11H,5-6,8,14H2,1H3,(H2,15,17)(H,16,18). The molecule has 19 heavy (non-hydrogen) atoms. The normalized spacial score (nSPS) is 11.9. The van der Waals surface area contributed by atoms with Crippen molar-refractivity contribution in [2.45, 2.75) is 12.5 Å². The molecule has 0 radical (unpaired) electrons. The second-order valence-electron chi connectivity index (χ2n) is 4.17. The largest absolute Gasteiger partial charge is 0.383 e. The second-order valence-corrected chi connectivity index (χ2v) is 4.17. The first kappa shape index (κ1) is 15.1. The number of rotatable bonds is 7. The summed E-state index contributed by atoms with van der Waals surface area (Å²) in [6.07, 6.45) is 0.604. The van der Waals surface area contributed by atoms with Crippen LogP contribution in [0.1, 0.15) is 15.9 Å². The van der Waals surface area contributed by atoms with Gasteiger partial charge in [0.1, 0.15) is 6.04 Å². The number of carbonyl (C=O) groups is 2. The third-order valence-electron chi connectivity index (χ3n) is 2.61. The molecule has 0 aliphatic rings. The van der Waals surface area contributed by atoms with Crippen molar-refractivity contribution in [2.24, 2.45) is 11.5 Å². The SMILES string of the molecule is COCC(N)C(=O)NCCc1cccc(C(N)=O)c1. The van der Waals surface area contributed by atoms with Crippen molar-refractivity contribution < 1.29 is 14.3 Å². The zero-order chi connectivity index (χ0) is 14.3. The van der Waals surface area contributed by atoms with Crippen LogP contribution in [0, 0.1) is 0 Å². The Morgan fingerprint density at radius 1 is 1.42 bits per heavy atom. The summed E-state index contributed by atoms with van der Waals surface area (Å²) in [4.78, 5) is 22.5. The van der Waals surface area contributed by atoms with E-state index in [0.717, 1.165) is 5.56 Å². The molecular formula is C13H19N3O3. The summed E-state index contributed by atoms with van der Waals surface area (Å²) in [5.74, 6) is -0.721. The smallest absolute Gasteiger partial charge is 0.248 e. The van der Waals surface area contributed by atoms with Crippen molar-refractivity contribution >= 4 is 11.8 Å². The van der Waals surface area contributed by atoms with Gasteiger partial charge in [-0.3, -0.25) is 9.59 Å². The Labute approximate surface area is 112 Å². The van der Waals surface area contributed by atoms with Crippen molar-refractivity contribution in [3.63, 3.8) is 0 Å². The molecule has 0 heterocycles. The average molecular weight is 265 g/mol. The molecule has 1 aromatic carbocycles. The molecule has 0 bridgehead atoms. The number of nitrogens with one attached hydrogen (secondary N) is 1. The van der Waals surface area contributed by atoms with Crippen LogP contribution in [0.2, 0.25) is 0 Å². The molecule has 104 valence electrons. The van der Waals surface area contributed by atoms with Crippen LogP contribution in [0.5, 0.6) is 0 Å². The van der Waals surface area contributed by atoms with Crippen LogP contribution in [-0.4, -0.2) is 38.1 Å². The van der Waals surface area contributed by atoms with Crippen molar-refractivity contribution in [3.8, 4) is 0 Å². The van der Waals surface area contributed by atoms with E-state index in [4.69, 9.17) is 16.2 Å². The number of amides is 2. The van der Waals surface area contributed by atoms with Crippen LogP contribution < -0.4 is 16.8 Å². The van der Waals surface area contributed by atoms with Crippen molar-refractivity contribution in [1.82, 2.24) is 5.32 Å². The minimum atomic E-state index is -0.665. The molecule has 0 saturated heterocycles. The van der Waals surface area contributed by atoms with Crippen LogP contribution in [-0.2, 0) is 16.0 Å². The molecule has 0 aliphatic heterocycles. The van der Waals surface area contributed by atoms with Gasteiger partial charge in [0, 0.05) is 19.2 Å². The average Bonchev–Trinajstić information content (AvgIpc) is 2.39. The van der Waals surface area contributed by atoms with Crippen molar-refractivity contribution in [3.05, 3.63) is 35.4 Å². The fourth-order valence-electron chi connectivity index (χ4n) is 1.60. The van der Waals surface area contributed by atoms with Gasteiger partial charge in [-0.05, 0) is 24.1 Å². The number of benzene rings is 1. The van der Waals surface area contributed by atoms with Crippen LogP contribution in [0.4, 0.5) is 0 Å². The first-order valence-electron chi connectivity index (χ1n) is 5.95. The Hall–Kier alpha value is -1.92. The maximum absolute atomic E-state index is 11.5. The Balaban J connectivity index is 2.43. The zero-order valence-electron chi connectivity index (χ0n) is 10.9. The summed E-state index contributed by atoms with van der Waals surface area (Å²) < 4.78 is 4.79. The number of primary amides is 1. The molecule has 0 aliphatic carbocycles. The fourth-order valence-corrected chi connectivity index (χ4v) is 1.60. The number of carbonyl (C=O) groups excluding carboxylic acids is 2. The fraction of sp³-hybridized carbons (Fsp3) is 0.385. The van der Waals surface area contributed by atoms with Gasteiger partial charge in [0.25, 0.3) is 0 Å². The zero-order valence-corrected chi connectivity index (χ0v) is 10.9. The summed E-state index contributed by atoms with van der Waals surface area (Å²) >= 11 is 0. The van der Waals surface area contributed by atoms with Crippen LogP contribution in [0.15, 0.2) is 24.3 Å². The molecule has 1 unspecified atom stereocenters. The molecule has 0 fully saturated rings. The Kier molecular flexibility index (Phi) is 5.98. The third kappa shape index (κ3) is 5.07. The maximum atomic E-state index is 11.5. The van der Waals surface area contributed by atoms with E-state index >= 15 is 0 Å². The first-order chi connectivity index (χ1) is 9.04. The van der Waals surface area contributed by atoms with Gasteiger partial charge in [-0.15, -0.1) is 0 Å². The third-order valence-corrected chi connectivity index (χ3v) is 2.61. The molecule has 6 heteroatoms. The molecule has 5 N–H and O–H groups in total. The molecule has 0 saturated carbocycles. The summed E-state index contributed by atoms with van der Waals surface area (Å²) in [5.41, 5.74) is 12.2. The Bertz CT molecular complexity index is 449. The van der Waals surface area contributed by atoms with Crippen LogP contribution >= 0.6 is 0 Å². The summed E-state index contributed by atoms with van der Waals surface area (Å²) in [5, 5.41) is 2.70. The van der Waals surface area contributed by atoms with E-state index < -0.39 is 11.9 Å². The molecule has 1 atom stereocenters. The van der Waals surface area contributed by atoms with Gasteiger partial charge in [-0.2, -0.15) is 0 Å². The lowest BCUT2D eigenvalue weighted by atomic mass is 10.1. The van der Waals surface area contributed by atoms with Crippen molar-refractivity contribution in [1.29, 1.82) is 0 Å². The second kappa shape index (κ2) is 7.50. The highest BCUT2D eigenvalue weighted by Gasteiger charge is 2.11. The molecule has 2 amide bonds. The van der Waals surface area contributed by atoms with Gasteiger partial charge in [0.2, 0.25) is 11.8 Å². The van der Waals surface area contributed by atoms with E-state index in [0.29, 0.717) is 18.5 Å². The number of nitrogens with two attached hydrogens (primary N) is 2. The first-order valence-corrected chi connectivity index (χ1v) is 5.95. The Morgan fingerprint density at radius 2 is 2.16 bits per heavy atom. The molecule has 1 rings (SSSR count). The number of methoxy groups -OCH3 is 1. The quantitative estimate of drug-likeness (QED) is 0.613. The number of hydrogen-bond acceptors (Lipinski definition) is 4. The topological polar surface area (TPSA) is 107 Å². The predicted octanol–water partition coefficient (Wildman–Crippen LogP) is -0.582. The number of ether oxygens (including phenoxy) is 1. The molecule has 0 aromatic heterocycles. The molecular weight excluding hydrogens is 246 g/mol. The van der Waals surface area contributed by atoms with Gasteiger partial charge >= 0.3 is 0 Å². The van der Waals surface area contributed by atoms with Gasteiger partial charge in [-0.25, -0.2) is 0 Å².